The van der Waals surface area contributed by atoms with Crippen LogP contribution in [0.15, 0.2) is 60.7 Å². The maximum atomic E-state index is 2.45. The van der Waals surface area contributed by atoms with Crippen molar-refractivity contribution in [1.29, 1.82) is 0 Å². The van der Waals surface area contributed by atoms with Crippen LogP contribution in [0.1, 0.15) is 45.7 Å². The summed E-state index contributed by atoms with van der Waals surface area (Å²) in [6, 6.07) is 22.1. The predicted octanol–water partition coefficient (Wildman–Crippen LogP) is 6.24. The summed E-state index contributed by atoms with van der Waals surface area (Å²) in [6.45, 7) is 17.3. The number of rotatable bonds is 4. The van der Waals surface area contributed by atoms with Crippen molar-refractivity contribution in [3.05, 3.63) is 71.8 Å². The van der Waals surface area contributed by atoms with Crippen molar-refractivity contribution in [2.24, 2.45) is 5.41 Å². The van der Waals surface area contributed by atoms with Crippen molar-refractivity contribution in [3.63, 3.8) is 0 Å². The molecule has 0 bridgehead atoms. The molecule has 2 aromatic carbocycles. The van der Waals surface area contributed by atoms with Crippen LogP contribution in [0.4, 0.5) is 0 Å². The Morgan fingerprint density at radius 2 is 1.00 bits per heavy atom. The second-order valence-corrected chi connectivity index (χ2v) is 8.46. The smallest absolute Gasteiger partial charge is 0.0855 e. The van der Waals surface area contributed by atoms with Crippen LogP contribution < -0.4 is 0 Å². The molecular formula is C22H31B. The van der Waals surface area contributed by atoms with Crippen LogP contribution >= 0.6 is 0 Å². The lowest BCUT2D eigenvalue weighted by atomic mass is 9.25. The summed E-state index contributed by atoms with van der Waals surface area (Å²) in [4.78, 5) is 0. The largest absolute Gasteiger partial charge is 0.146 e. The van der Waals surface area contributed by atoms with Crippen molar-refractivity contribution >= 4 is 6.71 Å². The minimum absolute atomic E-state index is 0.0107. The molecule has 2 aromatic rings. The monoisotopic (exact) mass is 306 g/mol. The molecule has 0 radical (unpaired) electrons. The zero-order valence-electron chi connectivity index (χ0n) is 15.9. The molecule has 0 unspecified atom stereocenters. The van der Waals surface area contributed by atoms with Crippen molar-refractivity contribution in [2.75, 3.05) is 0 Å². The normalized spacial score (nSPS) is 17.2. The molecule has 1 heteroatoms. The topological polar surface area (TPSA) is 0 Å². The first-order valence-corrected chi connectivity index (χ1v) is 8.76. The van der Waals surface area contributed by atoms with Crippen LogP contribution in [0.2, 0.25) is 13.6 Å². The molecule has 23 heavy (non-hydrogen) atoms. The van der Waals surface area contributed by atoms with Gasteiger partial charge in [0.15, 0.2) is 0 Å². The van der Waals surface area contributed by atoms with Gasteiger partial charge < -0.3 is 0 Å². The first-order valence-electron chi connectivity index (χ1n) is 8.76. The van der Waals surface area contributed by atoms with Crippen LogP contribution in [0, 0.1) is 5.41 Å². The summed E-state index contributed by atoms with van der Waals surface area (Å²) < 4.78 is 0. The van der Waals surface area contributed by atoms with Gasteiger partial charge in [-0.3, -0.25) is 0 Å². The van der Waals surface area contributed by atoms with Gasteiger partial charge in [-0.15, -0.1) is 0 Å². The van der Waals surface area contributed by atoms with Gasteiger partial charge in [-0.1, -0.05) is 109 Å². The van der Waals surface area contributed by atoms with E-state index in [1.165, 1.54) is 11.1 Å². The van der Waals surface area contributed by atoms with Gasteiger partial charge in [0.2, 0.25) is 0 Å². The lowest BCUT2D eigenvalue weighted by Crippen LogP contribution is -2.59. The minimum atomic E-state index is 0.0107. The fraction of sp³-hybridized carbons (Fsp3) is 0.455. The minimum Gasteiger partial charge on any atom is -0.0855 e. The van der Waals surface area contributed by atoms with Gasteiger partial charge in [-0.25, -0.2) is 0 Å². The van der Waals surface area contributed by atoms with Gasteiger partial charge in [0.05, 0.1) is 0 Å². The molecule has 0 nitrogen and oxygen atoms in total. The Balaban J connectivity index is 2.80. The third kappa shape index (κ3) is 2.75. The summed E-state index contributed by atoms with van der Waals surface area (Å²) in [5.74, 6) is 0. The first kappa shape index (κ1) is 17.9. The van der Waals surface area contributed by atoms with Crippen LogP contribution in [0.25, 0.3) is 0 Å². The quantitative estimate of drug-likeness (QED) is 0.586. The Labute approximate surface area is 143 Å². The zero-order valence-corrected chi connectivity index (χ0v) is 15.9. The average molecular weight is 306 g/mol. The first-order chi connectivity index (χ1) is 10.7. The van der Waals surface area contributed by atoms with Crippen molar-refractivity contribution in [2.45, 2.75) is 59.0 Å². The second kappa shape index (κ2) is 6.19. The maximum Gasteiger partial charge on any atom is 0.146 e. The predicted molar refractivity (Wildman–Crippen MR) is 105 cm³/mol. The van der Waals surface area contributed by atoms with Gasteiger partial charge in [0.1, 0.15) is 6.71 Å². The Morgan fingerprint density at radius 1 is 0.609 bits per heavy atom. The van der Waals surface area contributed by atoms with Gasteiger partial charge >= 0.3 is 0 Å². The molecule has 122 valence electrons. The molecule has 0 aliphatic heterocycles. The third-order valence-corrected chi connectivity index (χ3v) is 6.42. The summed E-state index contributed by atoms with van der Waals surface area (Å²) >= 11 is 0. The van der Waals surface area contributed by atoms with Crippen molar-refractivity contribution in [3.8, 4) is 0 Å². The highest BCUT2D eigenvalue weighted by Gasteiger charge is 2.55. The van der Waals surface area contributed by atoms with Crippen LogP contribution in [-0.2, 0) is 10.7 Å². The molecule has 0 spiro atoms. The highest BCUT2D eigenvalue weighted by molar-refractivity contribution is 6.59. The van der Waals surface area contributed by atoms with E-state index in [2.05, 4.69) is 109 Å². The Bertz CT molecular complexity index is 624. The molecule has 0 aromatic heterocycles. The van der Waals surface area contributed by atoms with Crippen LogP contribution in [-0.4, -0.2) is 6.71 Å². The molecule has 0 heterocycles. The van der Waals surface area contributed by atoms with E-state index >= 15 is 0 Å². The van der Waals surface area contributed by atoms with E-state index in [1.54, 1.807) is 0 Å². The molecule has 0 amide bonds. The molecule has 0 fully saturated rings. The molecule has 2 atom stereocenters. The fourth-order valence-electron chi connectivity index (χ4n) is 4.27. The fourth-order valence-corrected chi connectivity index (χ4v) is 4.27. The van der Waals surface area contributed by atoms with E-state index in [0.717, 1.165) is 0 Å². The zero-order chi connectivity index (χ0) is 17.3. The highest BCUT2D eigenvalue weighted by Crippen LogP contribution is 2.55. The Kier molecular flexibility index (Phi) is 4.80. The van der Waals surface area contributed by atoms with Gasteiger partial charge in [-0.2, -0.15) is 0 Å². The third-order valence-electron chi connectivity index (χ3n) is 6.42. The van der Waals surface area contributed by atoms with E-state index < -0.39 is 0 Å². The standard InChI is InChI=1S/C22H31B/c1-20(2,3)21(4,18-14-10-8-11-15-18)22(5,23(6)7)19-16-12-9-13-17-19/h8-17H,1-7H3/t21-,22-/m1/s1. The van der Waals surface area contributed by atoms with E-state index in [1.807, 2.05) is 0 Å². The highest BCUT2D eigenvalue weighted by atomic mass is 14.5. The summed E-state index contributed by atoms with van der Waals surface area (Å²) in [5.41, 5.74) is 2.99. The molecule has 0 aliphatic rings. The lowest BCUT2D eigenvalue weighted by molar-refractivity contribution is 0.144. The van der Waals surface area contributed by atoms with Gasteiger partial charge in [-0.05, 0) is 21.9 Å². The maximum absolute atomic E-state index is 2.45. The van der Waals surface area contributed by atoms with E-state index in [-0.39, 0.29) is 16.1 Å². The SMILES string of the molecule is CB(C)[C@](C)(c1ccccc1)[C@](C)(c1ccccc1)C(C)(C)C. The molecule has 0 aliphatic carbocycles. The Hall–Kier alpha value is -1.50. The van der Waals surface area contributed by atoms with Gasteiger partial charge in [0, 0.05) is 5.41 Å². The lowest BCUT2D eigenvalue weighted by Gasteiger charge is -2.57. The number of benzene rings is 2. The van der Waals surface area contributed by atoms with E-state index in [0.29, 0.717) is 6.71 Å². The number of hydrogen-bond acceptors (Lipinski definition) is 0. The summed E-state index contributed by atoms with van der Waals surface area (Å²) in [7, 11) is 0. The van der Waals surface area contributed by atoms with Crippen LogP contribution in [0.5, 0.6) is 0 Å². The summed E-state index contributed by atoms with van der Waals surface area (Å²) in [5, 5.41) is 0.0356. The average Bonchev–Trinajstić information content (AvgIpc) is 2.53. The second-order valence-electron chi connectivity index (χ2n) is 8.46. The molecular weight excluding hydrogens is 275 g/mol. The van der Waals surface area contributed by atoms with Crippen LogP contribution in [0.3, 0.4) is 0 Å². The molecule has 0 saturated carbocycles. The Morgan fingerprint density at radius 3 is 1.35 bits per heavy atom. The summed E-state index contributed by atoms with van der Waals surface area (Å²) in [6.07, 6.45) is 0. The molecule has 2 rings (SSSR count). The molecule has 0 N–H and O–H groups in total. The number of hydrogen-bond donors (Lipinski definition) is 0. The van der Waals surface area contributed by atoms with Crippen molar-refractivity contribution < 1.29 is 0 Å². The van der Waals surface area contributed by atoms with E-state index in [4.69, 9.17) is 0 Å². The van der Waals surface area contributed by atoms with E-state index in [9.17, 15) is 0 Å². The molecule has 0 saturated heterocycles. The van der Waals surface area contributed by atoms with Crippen molar-refractivity contribution in [1.82, 2.24) is 0 Å². The van der Waals surface area contributed by atoms with Gasteiger partial charge in [0.25, 0.3) is 0 Å².